The first-order chi connectivity index (χ1) is 32.1. The molecule has 69 heavy (non-hydrogen) atoms. The van der Waals surface area contributed by atoms with E-state index in [-0.39, 0.29) is 50.3 Å². The Hall–Kier alpha value is -4.72. The summed E-state index contributed by atoms with van der Waals surface area (Å²) in [4.78, 5) is 40.6. The highest BCUT2D eigenvalue weighted by Gasteiger charge is 2.36. The molecule has 0 unspecified atom stereocenters. The van der Waals surface area contributed by atoms with E-state index in [4.69, 9.17) is 56.1 Å². The number of methoxy groups -OCH3 is 1. The van der Waals surface area contributed by atoms with Gasteiger partial charge in [0.2, 0.25) is 0 Å². The lowest BCUT2D eigenvalue weighted by Crippen LogP contribution is -2.45. The molecule has 2 aromatic heterocycles. The Labute approximate surface area is 440 Å². The van der Waals surface area contributed by atoms with E-state index in [1.54, 1.807) is 60.5 Å². The SMILES string of the molecule is C.C.COc1ccc(CN2Cc3nc(Sc4ccc(F)cc4F)c(Br)cc3N(c3c(Cl)cccc3Cl)C2=O)cc1.O=C1NCc2nc(Sc3ccc(F)cc3F)c(Br)cc2N1c1c(Cl)cccc1Cl. The molecule has 0 radical (unpaired) electrons. The van der Waals surface area contributed by atoms with Crippen LogP contribution in [0.5, 0.6) is 5.75 Å². The van der Waals surface area contributed by atoms with Crippen LogP contribution in [0.1, 0.15) is 31.8 Å². The van der Waals surface area contributed by atoms with Gasteiger partial charge in [-0.15, -0.1) is 0 Å². The third-order valence-electron chi connectivity index (χ3n) is 9.95. The lowest BCUT2D eigenvalue weighted by molar-refractivity contribution is 0.197. The first kappa shape index (κ1) is 53.6. The number of ether oxygens (including phenoxy) is 1. The number of pyridine rings is 2. The fraction of sp³-hybridized carbons (Fsp3) is 0.125. The summed E-state index contributed by atoms with van der Waals surface area (Å²) in [6.45, 7) is 0.651. The summed E-state index contributed by atoms with van der Waals surface area (Å²) >= 11 is 34.6. The number of carbonyl (C=O) groups excluding carboxylic acids is 2. The number of hydrogen-bond acceptors (Lipinski definition) is 7. The van der Waals surface area contributed by atoms with Gasteiger partial charge in [0.25, 0.3) is 0 Å². The number of rotatable bonds is 9. The maximum Gasteiger partial charge on any atom is 0.329 e. The van der Waals surface area contributed by atoms with Crippen molar-refractivity contribution in [3.8, 4) is 5.75 Å². The Bertz CT molecular complexity index is 3060. The number of nitrogens with zero attached hydrogens (tertiary/aromatic N) is 5. The summed E-state index contributed by atoms with van der Waals surface area (Å²) in [6.07, 6.45) is 0. The van der Waals surface area contributed by atoms with Gasteiger partial charge in [-0.2, -0.15) is 0 Å². The second kappa shape index (κ2) is 23.0. The molecular formula is C48H36Br2Cl4F4N6O3S2. The zero-order chi connectivity index (χ0) is 47.7. The van der Waals surface area contributed by atoms with Gasteiger partial charge in [0.05, 0.1) is 83.4 Å². The third kappa shape index (κ3) is 11.7. The number of aromatic nitrogens is 2. The maximum atomic E-state index is 14.4. The van der Waals surface area contributed by atoms with Crippen LogP contribution in [0.25, 0.3) is 0 Å². The smallest absolute Gasteiger partial charge is 0.329 e. The molecule has 0 saturated heterocycles. The van der Waals surface area contributed by atoms with Crippen molar-refractivity contribution in [2.75, 3.05) is 16.9 Å². The van der Waals surface area contributed by atoms with Crippen molar-refractivity contribution in [3.05, 3.63) is 178 Å². The highest BCUT2D eigenvalue weighted by atomic mass is 79.9. The number of urea groups is 2. The molecular weight excluding hydrogens is 1150 g/mol. The van der Waals surface area contributed by atoms with Crippen LogP contribution in [0.2, 0.25) is 20.1 Å². The molecule has 2 aliphatic rings. The second-order valence-corrected chi connectivity index (χ2v) is 19.7. The number of amides is 4. The fourth-order valence-electron chi connectivity index (χ4n) is 6.86. The topological polar surface area (TPSA) is 90.9 Å². The lowest BCUT2D eigenvalue weighted by atomic mass is 10.1. The molecule has 0 aliphatic carbocycles. The van der Waals surface area contributed by atoms with Gasteiger partial charge in [-0.1, -0.05) is 109 Å². The molecule has 2 aliphatic heterocycles. The Balaban J connectivity index is 0.000000228. The molecule has 9 rings (SSSR count). The van der Waals surface area contributed by atoms with Gasteiger partial charge in [0.15, 0.2) is 0 Å². The number of fused-ring (bicyclic) bond motifs is 2. The van der Waals surface area contributed by atoms with Crippen LogP contribution >= 0.6 is 102 Å². The number of halogens is 10. The average Bonchev–Trinajstić information content (AvgIpc) is 3.28. The van der Waals surface area contributed by atoms with E-state index < -0.39 is 29.3 Å². The van der Waals surface area contributed by atoms with Crippen molar-refractivity contribution in [1.29, 1.82) is 0 Å². The van der Waals surface area contributed by atoms with E-state index in [2.05, 4.69) is 42.2 Å². The molecule has 4 heterocycles. The van der Waals surface area contributed by atoms with Gasteiger partial charge >= 0.3 is 12.1 Å². The van der Waals surface area contributed by atoms with Gasteiger partial charge in [-0.3, -0.25) is 9.80 Å². The molecule has 21 heteroatoms. The van der Waals surface area contributed by atoms with Crippen molar-refractivity contribution < 1.29 is 31.9 Å². The summed E-state index contributed by atoms with van der Waals surface area (Å²) < 4.78 is 61.3. The van der Waals surface area contributed by atoms with Crippen LogP contribution in [-0.4, -0.2) is 34.0 Å². The van der Waals surface area contributed by atoms with Crippen LogP contribution in [-0.2, 0) is 19.6 Å². The highest BCUT2D eigenvalue weighted by molar-refractivity contribution is 9.10. The van der Waals surface area contributed by atoms with E-state index in [9.17, 15) is 27.2 Å². The van der Waals surface area contributed by atoms with Crippen molar-refractivity contribution in [2.45, 2.75) is 54.3 Å². The third-order valence-corrected chi connectivity index (χ3v) is 15.0. The minimum atomic E-state index is -0.692. The molecule has 1 N–H and O–H groups in total. The monoisotopic (exact) mass is 1180 g/mol. The van der Waals surface area contributed by atoms with E-state index >= 15 is 0 Å². The van der Waals surface area contributed by atoms with Crippen molar-refractivity contribution in [2.24, 2.45) is 0 Å². The zero-order valence-corrected chi connectivity index (χ0v) is 41.9. The van der Waals surface area contributed by atoms with Crippen LogP contribution in [0, 0.1) is 23.3 Å². The minimum Gasteiger partial charge on any atom is -0.497 e. The summed E-state index contributed by atoms with van der Waals surface area (Å²) in [6, 6.07) is 26.8. The van der Waals surface area contributed by atoms with Gasteiger partial charge in [-0.05, 0) is 110 Å². The number of carbonyl (C=O) groups is 2. The predicted octanol–water partition coefficient (Wildman–Crippen LogP) is 17.1. The number of benzene rings is 5. The molecule has 358 valence electrons. The number of nitrogens with one attached hydrogen (secondary N) is 1. The number of hydrogen-bond donors (Lipinski definition) is 1. The molecule has 0 spiro atoms. The molecule has 0 fully saturated rings. The summed E-state index contributed by atoms with van der Waals surface area (Å²) in [5.74, 6) is -1.99. The van der Waals surface area contributed by atoms with E-state index in [0.29, 0.717) is 79.0 Å². The van der Waals surface area contributed by atoms with Crippen LogP contribution < -0.4 is 19.9 Å². The zero-order valence-electron chi connectivity index (χ0n) is 34.1. The molecule has 7 aromatic rings. The molecule has 0 atom stereocenters. The lowest BCUT2D eigenvalue weighted by Gasteiger charge is -2.37. The Morgan fingerprint density at radius 1 is 0.652 bits per heavy atom. The highest BCUT2D eigenvalue weighted by Crippen LogP contribution is 2.46. The van der Waals surface area contributed by atoms with Crippen LogP contribution in [0.3, 0.4) is 0 Å². The Morgan fingerprint density at radius 2 is 1.12 bits per heavy atom. The molecule has 9 nitrogen and oxygen atoms in total. The van der Waals surface area contributed by atoms with Gasteiger partial charge in [0, 0.05) is 28.5 Å². The summed E-state index contributed by atoms with van der Waals surface area (Å²) in [5.41, 5.74) is 3.66. The predicted molar refractivity (Wildman–Crippen MR) is 275 cm³/mol. The van der Waals surface area contributed by atoms with E-state index in [1.807, 2.05) is 24.3 Å². The second-order valence-electron chi connectivity index (χ2n) is 14.3. The molecule has 5 aromatic carbocycles. The van der Waals surface area contributed by atoms with Crippen LogP contribution in [0.4, 0.5) is 49.9 Å². The number of anilines is 4. The normalized spacial score (nSPS) is 12.8. The average molecular weight is 1190 g/mol. The Morgan fingerprint density at radius 3 is 1.59 bits per heavy atom. The Kier molecular flexibility index (Phi) is 17.9. The van der Waals surface area contributed by atoms with Crippen LogP contribution in [0.15, 0.2) is 138 Å². The van der Waals surface area contributed by atoms with E-state index in [0.717, 1.165) is 41.2 Å². The minimum absolute atomic E-state index is 0. The molecule has 4 amide bonds. The largest absolute Gasteiger partial charge is 0.497 e. The molecule has 0 bridgehead atoms. The summed E-state index contributed by atoms with van der Waals surface area (Å²) in [5, 5.41) is 4.87. The van der Waals surface area contributed by atoms with Gasteiger partial charge < -0.3 is 15.0 Å². The van der Waals surface area contributed by atoms with Crippen molar-refractivity contribution in [3.63, 3.8) is 0 Å². The maximum absolute atomic E-state index is 14.4. The number of para-hydroxylation sites is 2. The van der Waals surface area contributed by atoms with Gasteiger partial charge in [-0.25, -0.2) is 37.1 Å². The fourth-order valence-corrected chi connectivity index (χ4v) is 10.7. The summed E-state index contributed by atoms with van der Waals surface area (Å²) in [7, 11) is 1.59. The first-order valence-electron chi connectivity index (χ1n) is 19.4. The molecule has 0 saturated carbocycles. The standard InChI is InChI=1S/C27H18BrCl2F2N3O2S.C19H10BrCl2F2N3OS.2CH4/c1-37-17-8-5-15(6-9-17)13-34-14-22-23(35(27(34)36)25-19(29)3-2-4-20(25)30)12-18(28)26(33-22)38-24-10-7-16(31)11-21(24)32;20-10-7-15-14(26-18(10)29-16-5-4-9(23)6-13(16)24)8-25-19(28)27(15)17-11(21)2-1-3-12(17)22;;/h2-12H,13-14H2,1H3;1-7H,8H2,(H,25,28);2*1H4. The quantitative estimate of drug-likeness (QED) is 0.144. The van der Waals surface area contributed by atoms with Gasteiger partial charge in [0.1, 0.15) is 39.1 Å². The van der Waals surface area contributed by atoms with Crippen molar-refractivity contribution >= 4 is 137 Å². The van der Waals surface area contributed by atoms with E-state index in [1.165, 1.54) is 34.1 Å². The van der Waals surface area contributed by atoms with Crippen molar-refractivity contribution in [1.82, 2.24) is 20.2 Å². The first-order valence-corrected chi connectivity index (χ1v) is 24.2.